The minimum atomic E-state index is 0.147. The van der Waals surface area contributed by atoms with Crippen molar-refractivity contribution in [1.29, 1.82) is 0 Å². The molecule has 2 fully saturated rings. The maximum absolute atomic E-state index is 9.34. The third kappa shape index (κ3) is 3.85. The third-order valence-electron chi connectivity index (χ3n) is 5.03. The van der Waals surface area contributed by atoms with Crippen molar-refractivity contribution in [2.24, 2.45) is 5.92 Å². The van der Waals surface area contributed by atoms with Gasteiger partial charge in [-0.1, -0.05) is 37.3 Å². The van der Waals surface area contributed by atoms with E-state index >= 15 is 0 Å². The summed E-state index contributed by atoms with van der Waals surface area (Å²) in [6.07, 6.45) is 3.81. The number of hydrogen-bond acceptors (Lipinski definition) is 3. The Morgan fingerprint density at radius 1 is 1.24 bits per heavy atom. The Labute approximate surface area is 128 Å². The van der Waals surface area contributed by atoms with Crippen LogP contribution in [-0.2, 0) is 5.41 Å². The monoisotopic (exact) mass is 288 g/mol. The van der Waals surface area contributed by atoms with Gasteiger partial charge < -0.3 is 15.3 Å². The third-order valence-corrected chi connectivity index (χ3v) is 5.03. The van der Waals surface area contributed by atoms with Crippen molar-refractivity contribution in [3.8, 4) is 0 Å². The van der Waals surface area contributed by atoms with Crippen molar-refractivity contribution >= 4 is 0 Å². The lowest BCUT2D eigenvalue weighted by Gasteiger charge is -2.35. The van der Waals surface area contributed by atoms with Crippen molar-refractivity contribution in [3.05, 3.63) is 35.9 Å². The number of hydrogen-bond donors (Lipinski definition) is 2. The van der Waals surface area contributed by atoms with Gasteiger partial charge in [-0.05, 0) is 37.3 Å². The zero-order valence-electron chi connectivity index (χ0n) is 13.1. The summed E-state index contributed by atoms with van der Waals surface area (Å²) in [7, 11) is 0. The number of aliphatic hydroxyl groups is 1. The summed E-state index contributed by atoms with van der Waals surface area (Å²) in [6.45, 7) is 7.00. The first-order chi connectivity index (χ1) is 10.2. The summed E-state index contributed by atoms with van der Waals surface area (Å²) >= 11 is 0. The molecule has 2 aliphatic rings. The van der Waals surface area contributed by atoms with Gasteiger partial charge >= 0.3 is 0 Å². The second kappa shape index (κ2) is 6.47. The Morgan fingerprint density at radius 2 is 2.00 bits per heavy atom. The molecule has 2 N–H and O–H groups in total. The van der Waals surface area contributed by atoms with Crippen LogP contribution < -0.4 is 5.32 Å². The maximum Gasteiger partial charge on any atom is 0.0471 e. The first kappa shape index (κ1) is 15.0. The molecule has 3 heteroatoms. The first-order valence-electron chi connectivity index (χ1n) is 8.32. The van der Waals surface area contributed by atoms with Gasteiger partial charge in [-0.15, -0.1) is 0 Å². The minimum absolute atomic E-state index is 0.147. The molecule has 0 radical (unpaired) electrons. The highest BCUT2D eigenvalue weighted by atomic mass is 16.3. The Balaban J connectivity index is 1.69. The van der Waals surface area contributed by atoms with E-state index in [1.807, 2.05) is 0 Å². The van der Waals surface area contributed by atoms with E-state index in [1.54, 1.807) is 0 Å². The molecule has 1 aromatic carbocycles. The van der Waals surface area contributed by atoms with Crippen LogP contribution in [0.2, 0.25) is 0 Å². The highest BCUT2D eigenvalue weighted by Gasteiger charge is 2.34. The molecule has 21 heavy (non-hydrogen) atoms. The fourth-order valence-electron chi connectivity index (χ4n) is 3.45. The van der Waals surface area contributed by atoms with Crippen LogP contribution >= 0.6 is 0 Å². The van der Waals surface area contributed by atoms with Gasteiger partial charge in [-0.2, -0.15) is 0 Å². The summed E-state index contributed by atoms with van der Waals surface area (Å²) in [5, 5.41) is 13.1. The number of benzene rings is 1. The van der Waals surface area contributed by atoms with Gasteiger partial charge in [-0.25, -0.2) is 0 Å². The van der Waals surface area contributed by atoms with Gasteiger partial charge in [0, 0.05) is 37.7 Å². The number of aliphatic hydroxyl groups excluding tert-OH is 1. The van der Waals surface area contributed by atoms with Crippen LogP contribution in [0.5, 0.6) is 0 Å². The van der Waals surface area contributed by atoms with Crippen LogP contribution in [0.15, 0.2) is 30.3 Å². The number of nitrogens with zero attached hydrogens (tertiary/aromatic N) is 1. The molecule has 116 valence electrons. The van der Waals surface area contributed by atoms with E-state index < -0.39 is 0 Å². The fraction of sp³-hybridized carbons (Fsp3) is 0.667. The van der Waals surface area contributed by atoms with E-state index in [9.17, 15) is 5.11 Å². The lowest BCUT2D eigenvalue weighted by Crippen LogP contribution is -2.45. The van der Waals surface area contributed by atoms with Gasteiger partial charge in [0.25, 0.3) is 0 Å². The molecule has 0 bridgehead atoms. The largest absolute Gasteiger partial charge is 0.396 e. The predicted molar refractivity (Wildman–Crippen MR) is 86.5 cm³/mol. The van der Waals surface area contributed by atoms with Crippen molar-refractivity contribution in [1.82, 2.24) is 10.2 Å². The van der Waals surface area contributed by atoms with Crippen molar-refractivity contribution in [2.75, 3.05) is 32.8 Å². The van der Waals surface area contributed by atoms with E-state index in [2.05, 4.69) is 47.5 Å². The smallest absolute Gasteiger partial charge is 0.0471 e. The molecule has 2 unspecified atom stereocenters. The quantitative estimate of drug-likeness (QED) is 0.806. The van der Waals surface area contributed by atoms with E-state index in [1.165, 1.54) is 18.4 Å². The lowest BCUT2D eigenvalue weighted by molar-refractivity contribution is 0.205. The SMILES string of the molecule is CC(CNC1CC1)(CN1CCC(CO)C1)c1ccccc1. The molecule has 0 spiro atoms. The average molecular weight is 288 g/mol. The average Bonchev–Trinajstić information content (AvgIpc) is 3.25. The Hall–Kier alpha value is -0.900. The normalized spacial score (nSPS) is 25.9. The number of rotatable bonds is 7. The highest BCUT2D eigenvalue weighted by Crippen LogP contribution is 2.29. The Morgan fingerprint density at radius 3 is 2.62 bits per heavy atom. The molecule has 2 atom stereocenters. The van der Waals surface area contributed by atoms with Gasteiger partial charge in [0.2, 0.25) is 0 Å². The highest BCUT2D eigenvalue weighted by molar-refractivity contribution is 5.26. The summed E-state index contributed by atoms with van der Waals surface area (Å²) in [5.74, 6) is 0.474. The zero-order chi connectivity index (χ0) is 14.7. The lowest BCUT2D eigenvalue weighted by atomic mass is 9.81. The van der Waals surface area contributed by atoms with Crippen LogP contribution in [-0.4, -0.2) is 48.8 Å². The molecular weight excluding hydrogens is 260 g/mol. The van der Waals surface area contributed by atoms with Crippen molar-refractivity contribution in [2.45, 2.75) is 37.6 Å². The molecule has 1 heterocycles. The molecule has 1 saturated carbocycles. The second-order valence-electron chi connectivity index (χ2n) is 7.15. The fourth-order valence-corrected chi connectivity index (χ4v) is 3.45. The van der Waals surface area contributed by atoms with E-state index in [4.69, 9.17) is 0 Å². The Kier molecular flexibility index (Phi) is 4.63. The van der Waals surface area contributed by atoms with Crippen molar-refractivity contribution in [3.63, 3.8) is 0 Å². The summed E-state index contributed by atoms with van der Waals surface area (Å²) in [4.78, 5) is 2.53. The predicted octanol–water partition coefficient (Wildman–Crippen LogP) is 2.01. The van der Waals surface area contributed by atoms with Gasteiger partial charge in [0.15, 0.2) is 0 Å². The van der Waals surface area contributed by atoms with E-state index in [0.29, 0.717) is 12.5 Å². The van der Waals surface area contributed by atoms with E-state index in [-0.39, 0.29) is 5.41 Å². The first-order valence-corrected chi connectivity index (χ1v) is 8.32. The summed E-state index contributed by atoms with van der Waals surface area (Å²) in [6, 6.07) is 11.6. The van der Waals surface area contributed by atoms with Gasteiger partial charge in [-0.3, -0.25) is 0 Å². The minimum Gasteiger partial charge on any atom is -0.396 e. The molecule has 3 rings (SSSR count). The maximum atomic E-state index is 9.34. The molecule has 1 aromatic rings. The second-order valence-corrected chi connectivity index (χ2v) is 7.15. The van der Waals surface area contributed by atoms with Crippen LogP contribution in [0.3, 0.4) is 0 Å². The molecule has 1 aliphatic heterocycles. The summed E-state index contributed by atoms with van der Waals surface area (Å²) < 4.78 is 0. The van der Waals surface area contributed by atoms with Gasteiger partial charge in [0.05, 0.1) is 0 Å². The topological polar surface area (TPSA) is 35.5 Å². The van der Waals surface area contributed by atoms with Crippen LogP contribution in [0, 0.1) is 5.92 Å². The molecular formula is C18H28N2O. The molecule has 1 saturated heterocycles. The number of nitrogens with one attached hydrogen (secondary N) is 1. The molecule has 3 nitrogen and oxygen atoms in total. The van der Waals surface area contributed by atoms with Crippen LogP contribution in [0.1, 0.15) is 31.7 Å². The molecule has 0 aromatic heterocycles. The molecule has 1 aliphatic carbocycles. The van der Waals surface area contributed by atoms with Crippen LogP contribution in [0.25, 0.3) is 0 Å². The van der Waals surface area contributed by atoms with Gasteiger partial charge in [0.1, 0.15) is 0 Å². The van der Waals surface area contributed by atoms with E-state index in [0.717, 1.165) is 38.6 Å². The van der Waals surface area contributed by atoms with Crippen LogP contribution in [0.4, 0.5) is 0 Å². The van der Waals surface area contributed by atoms with Crippen molar-refractivity contribution < 1.29 is 5.11 Å². The Bertz CT molecular complexity index is 446. The standard InChI is InChI=1S/C18H28N2O/c1-18(13-19-17-7-8-17,16-5-3-2-4-6-16)14-20-10-9-15(11-20)12-21/h2-6,15,17,19,21H,7-14H2,1H3. The number of likely N-dealkylation sites (tertiary alicyclic amines) is 1. The molecule has 0 amide bonds. The zero-order valence-corrected chi connectivity index (χ0v) is 13.1. The summed E-state index contributed by atoms with van der Waals surface area (Å²) in [5.41, 5.74) is 1.57.